The molecule has 2 heterocycles. The van der Waals surface area contributed by atoms with E-state index in [9.17, 15) is 4.79 Å². The second-order valence-electron chi connectivity index (χ2n) is 6.24. The summed E-state index contributed by atoms with van der Waals surface area (Å²) in [6, 6.07) is 7.02. The molecular weight excluding hydrogens is 342 g/mol. The molecule has 1 amide bonds. The molecule has 0 bridgehead atoms. The molecule has 142 valence electrons. The van der Waals surface area contributed by atoms with Crippen LogP contribution in [0.2, 0.25) is 0 Å². The number of fused-ring (bicyclic) bond motifs is 1. The molecule has 0 aliphatic heterocycles. The van der Waals surface area contributed by atoms with Crippen molar-refractivity contribution in [1.82, 2.24) is 24.4 Å². The lowest BCUT2D eigenvalue weighted by atomic mass is 10.2. The van der Waals surface area contributed by atoms with E-state index in [1.54, 1.807) is 24.7 Å². The molecule has 1 aromatic carbocycles. The topological polar surface area (TPSA) is 102 Å². The molecule has 0 spiro atoms. The van der Waals surface area contributed by atoms with Crippen LogP contribution in [0.4, 0.5) is 5.95 Å². The summed E-state index contributed by atoms with van der Waals surface area (Å²) in [6.45, 7) is 8.32. The van der Waals surface area contributed by atoms with Gasteiger partial charge in [-0.1, -0.05) is 13.8 Å². The van der Waals surface area contributed by atoms with Crippen LogP contribution in [0.5, 0.6) is 0 Å². The highest BCUT2D eigenvalue weighted by Crippen LogP contribution is 2.17. The third-order valence-corrected chi connectivity index (χ3v) is 4.55. The lowest BCUT2D eigenvalue weighted by Crippen LogP contribution is -2.25. The van der Waals surface area contributed by atoms with Gasteiger partial charge in [0, 0.05) is 17.8 Å². The average molecular weight is 367 g/mol. The normalized spacial score (nSPS) is 11.2. The maximum absolute atomic E-state index is 11.2. The van der Waals surface area contributed by atoms with Crippen molar-refractivity contribution < 1.29 is 4.79 Å². The zero-order valence-electron chi connectivity index (χ0n) is 15.7. The first-order chi connectivity index (χ1) is 13.1. The molecule has 3 rings (SSSR count). The number of amides is 1. The van der Waals surface area contributed by atoms with Crippen LogP contribution in [-0.2, 0) is 0 Å². The molecule has 0 saturated heterocycles. The third-order valence-electron chi connectivity index (χ3n) is 4.55. The first-order valence-corrected chi connectivity index (χ1v) is 9.19. The number of benzene rings is 1. The zero-order valence-corrected chi connectivity index (χ0v) is 15.7. The number of anilines is 1. The van der Waals surface area contributed by atoms with Crippen molar-refractivity contribution in [1.29, 1.82) is 0 Å². The molecule has 3 N–H and O–H groups in total. The van der Waals surface area contributed by atoms with Gasteiger partial charge < -0.3 is 16.0 Å². The lowest BCUT2D eigenvalue weighted by Gasteiger charge is -2.17. The van der Waals surface area contributed by atoms with Gasteiger partial charge in [0.2, 0.25) is 11.9 Å². The van der Waals surface area contributed by atoms with E-state index in [-0.39, 0.29) is 0 Å². The number of hydrogen-bond acceptors (Lipinski definition) is 6. The average Bonchev–Trinajstić information content (AvgIpc) is 3.11. The predicted molar refractivity (Wildman–Crippen MR) is 106 cm³/mol. The molecule has 0 fully saturated rings. The van der Waals surface area contributed by atoms with Gasteiger partial charge in [-0.05, 0) is 50.3 Å². The van der Waals surface area contributed by atoms with Crippen molar-refractivity contribution >= 4 is 23.0 Å². The molecule has 2 aromatic heterocycles. The Morgan fingerprint density at radius 1 is 1.19 bits per heavy atom. The number of carbonyl (C=O) groups excluding carboxylic acids is 1. The highest BCUT2D eigenvalue weighted by Gasteiger charge is 2.09. The minimum Gasteiger partial charge on any atom is -0.366 e. The molecular formula is C19H25N7O. The Morgan fingerprint density at radius 2 is 1.93 bits per heavy atom. The second-order valence-corrected chi connectivity index (χ2v) is 6.24. The minimum absolute atomic E-state index is 0.449. The smallest absolute Gasteiger partial charge is 0.248 e. The molecule has 27 heavy (non-hydrogen) atoms. The van der Waals surface area contributed by atoms with Crippen molar-refractivity contribution in [3.05, 3.63) is 42.4 Å². The van der Waals surface area contributed by atoms with E-state index < -0.39 is 5.91 Å². The maximum Gasteiger partial charge on any atom is 0.248 e. The van der Waals surface area contributed by atoms with Crippen molar-refractivity contribution in [2.75, 3.05) is 31.5 Å². The van der Waals surface area contributed by atoms with Crippen LogP contribution in [0.3, 0.4) is 0 Å². The van der Waals surface area contributed by atoms with E-state index in [1.807, 2.05) is 16.7 Å². The van der Waals surface area contributed by atoms with E-state index in [0.29, 0.717) is 22.7 Å². The SMILES string of the molecule is CCN(CC)CCCNc1ncc2ncn(-c3ccc(C(N)=O)cc3)c2n1. The molecule has 0 atom stereocenters. The predicted octanol–water partition coefficient (Wildman–Crippen LogP) is 2.06. The molecule has 0 aliphatic carbocycles. The van der Waals surface area contributed by atoms with Gasteiger partial charge in [-0.3, -0.25) is 9.36 Å². The molecule has 0 saturated carbocycles. The third kappa shape index (κ3) is 4.40. The van der Waals surface area contributed by atoms with Crippen molar-refractivity contribution in [3.63, 3.8) is 0 Å². The Morgan fingerprint density at radius 3 is 2.59 bits per heavy atom. The van der Waals surface area contributed by atoms with Gasteiger partial charge in [0.05, 0.1) is 6.20 Å². The number of nitrogens with one attached hydrogen (secondary N) is 1. The lowest BCUT2D eigenvalue weighted by molar-refractivity contribution is 0.100. The minimum atomic E-state index is -0.449. The van der Waals surface area contributed by atoms with Crippen LogP contribution in [0.25, 0.3) is 16.9 Å². The Hall–Kier alpha value is -3.00. The van der Waals surface area contributed by atoms with Gasteiger partial charge in [0.25, 0.3) is 0 Å². The van der Waals surface area contributed by atoms with Gasteiger partial charge in [-0.25, -0.2) is 9.97 Å². The first-order valence-electron chi connectivity index (χ1n) is 9.19. The summed E-state index contributed by atoms with van der Waals surface area (Å²) >= 11 is 0. The number of carbonyl (C=O) groups is 1. The standard InChI is InChI=1S/C19H25N7O/c1-3-25(4-2)11-5-10-21-19-22-12-16-18(24-19)26(13-23-16)15-8-6-14(7-9-15)17(20)27/h6-9,12-13H,3-5,10-11H2,1-2H3,(H2,20,27)(H,21,22,24). The Balaban J connectivity index is 1.73. The fourth-order valence-corrected chi connectivity index (χ4v) is 2.91. The van der Waals surface area contributed by atoms with E-state index >= 15 is 0 Å². The van der Waals surface area contributed by atoms with E-state index in [2.05, 4.69) is 39.0 Å². The highest BCUT2D eigenvalue weighted by atomic mass is 16.1. The highest BCUT2D eigenvalue weighted by molar-refractivity contribution is 5.93. The van der Waals surface area contributed by atoms with Crippen LogP contribution >= 0.6 is 0 Å². The molecule has 8 nitrogen and oxygen atoms in total. The Kier molecular flexibility index (Phi) is 5.97. The van der Waals surface area contributed by atoms with E-state index in [1.165, 1.54) is 0 Å². The van der Waals surface area contributed by atoms with Gasteiger partial charge in [0.15, 0.2) is 5.65 Å². The summed E-state index contributed by atoms with van der Waals surface area (Å²) in [6.07, 6.45) is 4.43. The quantitative estimate of drug-likeness (QED) is 0.561. The largest absolute Gasteiger partial charge is 0.366 e. The van der Waals surface area contributed by atoms with Crippen LogP contribution in [0.1, 0.15) is 30.6 Å². The number of nitrogens with two attached hydrogens (primary N) is 1. The maximum atomic E-state index is 11.2. The molecule has 3 aromatic rings. The summed E-state index contributed by atoms with van der Waals surface area (Å²) in [5, 5.41) is 3.28. The van der Waals surface area contributed by atoms with E-state index in [4.69, 9.17) is 5.73 Å². The number of rotatable bonds is 9. The summed E-state index contributed by atoms with van der Waals surface area (Å²) in [7, 11) is 0. The van der Waals surface area contributed by atoms with Crippen molar-refractivity contribution in [2.24, 2.45) is 5.73 Å². The number of nitrogens with zero attached hydrogens (tertiary/aromatic N) is 5. The van der Waals surface area contributed by atoms with Gasteiger partial charge >= 0.3 is 0 Å². The number of primary amides is 1. The van der Waals surface area contributed by atoms with Crippen molar-refractivity contribution in [2.45, 2.75) is 20.3 Å². The molecule has 8 heteroatoms. The Labute approximate surface area is 158 Å². The molecule has 0 unspecified atom stereocenters. The van der Waals surface area contributed by atoms with Gasteiger partial charge in [0.1, 0.15) is 11.8 Å². The summed E-state index contributed by atoms with van der Waals surface area (Å²) in [4.78, 5) is 26.9. The second kappa shape index (κ2) is 8.59. The first kappa shape index (κ1) is 18.8. The van der Waals surface area contributed by atoms with Crippen LogP contribution in [0.15, 0.2) is 36.8 Å². The molecule has 0 radical (unpaired) electrons. The van der Waals surface area contributed by atoms with Crippen LogP contribution in [0, 0.1) is 0 Å². The van der Waals surface area contributed by atoms with Crippen LogP contribution in [-0.4, -0.2) is 56.5 Å². The van der Waals surface area contributed by atoms with Gasteiger partial charge in [-0.2, -0.15) is 4.98 Å². The Bertz CT molecular complexity index is 900. The zero-order chi connectivity index (χ0) is 19.2. The number of imidazole rings is 1. The number of aromatic nitrogens is 4. The monoisotopic (exact) mass is 367 g/mol. The fraction of sp³-hybridized carbons (Fsp3) is 0.368. The van der Waals surface area contributed by atoms with Crippen LogP contribution < -0.4 is 11.1 Å². The van der Waals surface area contributed by atoms with Gasteiger partial charge in [-0.15, -0.1) is 0 Å². The summed E-state index contributed by atoms with van der Waals surface area (Å²) in [5.41, 5.74) is 8.04. The fourth-order valence-electron chi connectivity index (χ4n) is 2.91. The molecule has 0 aliphatic rings. The summed E-state index contributed by atoms with van der Waals surface area (Å²) in [5.74, 6) is 0.133. The summed E-state index contributed by atoms with van der Waals surface area (Å²) < 4.78 is 1.86. The number of hydrogen-bond donors (Lipinski definition) is 2. The van der Waals surface area contributed by atoms with Crippen molar-refractivity contribution in [3.8, 4) is 5.69 Å². The van der Waals surface area contributed by atoms with E-state index in [0.717, 1.165) is 38.3 Å².